The lowest BCUT2D eigenvalue weighted by Crippen LogP contribution is -2.34. The highest BCUT2D eigenvalue weighted by atomic mass is 16.4. The lowest BCUT2D eigenvalue weighted by atomic mass is 10.2. The number of carbonyl (C=O) groups is 2. The first-order valence-corrected chi connectivity index (χ1v) is 5.93. The average molecular weight is 253 g/mol. The Morgan fingerprint density at radius 3 is 2.67 bits per heavy atom. The zero-order valence-corrected chi connectivity index (χ0v) is 10.9. The number of hydrogen-bond acceptors (Lipinski definition) is 3. The third kappa shape index (κ3) is 3.87. The highest BCUT2D eigenvalue weighted by molar-refractivity contribution is 5.96. The second-order valence-corrected chi connectivity index (χ2v) is 4.35. The third-order valence-electron chi connectivity index (χ3n) is 2.71. The van der Waals surface area contributed by atoms with Crippen molar-refractivity contribution < 1.29 is 14.7 Å². The lowest BCUT2D eigenvalue weighted by Gasteiger charge is -2.08. The second-order valence-electron chi connectivity index (χ2n) is 4.35. The summed E-state index contributed by atoms with van der Waals surface area (Å²) in [6.45, 7) is 6.44. The summed E-state index contributed by atoms with van der Waals surface area (Å²) in [6, 6.07) is 1.99. The molecule has 0 aliphatic carbocycles. The largest absolute Gasteiger partial charge is 0.481 e. The second kappa shape index (κ2) is 6.18. The van der Waals surface area contributed by atoms with Crippen molar-refractivity contribution >= 4 is 11.9 Å². The maximum atomic E-state index is 11.4. The minimum Gasteiger partial charge on any atom is -0.481 e. The molecule has 100 valence electrons. The molecule has 0 saturated carbocycles. The van der Waals surface area contributed by atoms with Gasteiger partial charge in [0.2, 0.25) is 5.91 Å². The van der Waals surface area contributed by atoms with Gasteiger partial charge in [-0.05, 0) is 33.3 Å². The summed E-state index contributed by atoms with van der Waals surface area (Å²) in [7, 11) is 0. The molecule has 1 atom stereocenters. The summed E-state index contributed by atoms with van der Waals surface area (Å²) in [5, 5.41) is 15.6. The number of carboxylic acid groups (broad SMARTS) is 1. The number of aromatic nitrogens is 2. The molecule has 2 N–H and O–H groups in total. The Morgan fingerprint density at radius 1 is 1.50 bits per heavy atom. The van der Waals surface area contributed by atoms with Gasteiger partial charge in [-0.3, -0.25) is 14.3 Å². The molecule has 1 rings (SSSR count). The van der Waals surface area contributed by atoms with Crippen molar-refractivity contribution in [3.8, 4) is 0 Å². The summed E-state index contributed by atoms with van der Waals surface area (Å²) in [6.07, 6.45) is 0.722. The van der Waals surface area contributed by atoms with E-state index in [1.54, 1.807) is 0 Å². The van der Waals surface area contributed by atoms with Crippen LogP contribution in [0, 0.1) is 19.8 Å². The molecule has 0 fully saturated rings. The van der Waals surface area contributed by atoms with Crippen molar-refractivity contribution in [2.75, 3.05) is 6.54 Å². The SMILES string of the molecule is Cc1cc(C)n(CCCNC(=O)C(C)C(=O)O)n1. The van der Waals surface area contributed by atoms with Crippen molar-refractivity contribution in [3.05, 3.63) is 17.5 Å². The molecule has 0 aliphatic heterocycles. The van der Waals surface area contributed by atoms with Crippen LogP contribution in [0.15, 0.2) is 6.07 Å². The van der Waals surface area contributed by atoms with Gasteiger partial charge in [-0.1, -0.05) is 0 Å². The van der Waals surface area contributed by atoms with Gasteiger partial charge in [0.15, 0.2) is 0 Å². The Bertz CT molecular complexity index is 440. The fourth-order valence-electron chi connectivity index (χ4n) is 1.61. The van der Waals surface area contributed by atoms with E-state index in [4.69, 9.17) is 5.11 Å². The molecule has 1 amide bonds. The van der Waals surface area contributed by atoms with E-state index in [9.17, 15) is 9.59 Å². The Hall–Kier alpha value is -1.85. The summed E-state index contributed by atoms with van der Waals surface area (Å²) in [5.41, 5.74) is 2.05. The Kier molecular flexibility index (Phi) is 4.88. The van der Waals surface area contributed by atoms with Crippen molar-refractivity contribution in [3.63, 3.8) is 0 Å². The Balaban J connectivity index is 2.29. The van der Waals surface area contributed by atoms with Crippen LogP contribution >= 0.6 is 0 Å². The number of nitrogens with zero attached hydrogens (tertiary/aromatic N) is 2. The zero-order valence-electron chi connectivity index (χ0n) is 10.9. The Labute approximate surface area is 106 Å². The molecule has 0 spiro atoms. The summed E-state index contributed by atoms with van der Waals surface area (Å²) in [4.78, 5) is 21.9. The van der Waals surface area contributed by atoms with Crippen LogP contribution < -0.4 is 5.32 Å². The number of carbonyl (C=O) groups excluding carboxylic acids is 1. The standard InChI is InChI=1S/C12H19N3O3/c1-8-7-9(2)15(14-8)6-4-5-13-11(16)10(3)12(17)18/h7,10H,4-6H2,1-3H3,(H,13,16)(H,17,18). The van der Waals surface area contributed by atoms with Crippen LogP contribution in [-0.2, 0) is 16.1 Å². The van der Waals surface area contributed by atoms with Gasteiger partial charge < -0.3 is 10.4 Å². The van der Waals surface area contributed by atoms with E-state index in [-0.39, 0.29) is 0 Å². The minimum absolute atomic E-state index is 0.448. The molecule has 6 nitrogen and oxygen atoms in total. The molecule has 1 aromatic rings. The van der Waals surface area contributed by atoms with Crippen LogP contribution in [0.2, 0.25) is 0 Å². The van der Waals surface area contributed by atoms with E-state index in [2.05, 4.69) is 10.4 Å². The molecule has 18 heavy (non-hydrogen) atoms. The smallest absolute Gasteiger partial charge is 0.315 e. The van der Waals surface area contributed by atoms with E-state index in [0.29, 0.717) is 13.1 Å². The fourth-order valence-corrected chi connectivity index (χ4v) is 1.61. The Morgan fingerprint density at radius 2 is 2.17 bits per heavy atom. The highest BCUT2D eigenvalue weighted by Crippen LogP contribution is 2.02. The number of nitrogens with one attached hydrogen (secondary N) is 1. The molecule has 6 heteroatoms. The van der Waals surface area contributed by atoms with Gasteiger partial charge in [0.05, 0.1) is 5.69 Å². The van der Waals surface area contributed by atoms with E-state index in [0.717, 1.165) is 17.8 Å². The van der Waals surface area contributed by atoms with Crippen LogP contribution in [0.1, 0.15) is 24.7 Å². The van der Waals surface area contributed by atoms with Crippen molar-refractivity contribution in [2.24, 2.45) is 5.92 Å². The molecular weight excluding hydrogens is 234 g/mol. The molecule has 1 heterocycles. The van der Waals surface area contributed by atoms with Gasteiger partial charge >= 0.3 is 5.97 Å². The summed E-state index contributed by atoms with van der Waals surface area (Å²) >= 11 is 0. The van der Waals surface area contributed by atoms with Gasteiger partial charge in [-0.2, -0.15) is 5.10 Å². The third-order valence-corrected chi connectivity index (χ3v) is 2.71. The maximum absolute atomic E-state index is 11.4. The number of hydrogen-bond donors (Lipinski definition) is 2. The molecule has 1 unspecified atom stereocenters. The van der Waals surface area contributed by atoms with E-state index in [1.807, 2.05) is 24.6 Å². The molecule has 0 bridgehead atoms. The fraction of sp³-hybridized carbons (Fsp3) is 0.583. The average Bonchev–Trinajstić information content (AvgIpc) is 2.62. The van der Waals surface area contributed by atoms with Gasteiger partial charge in [0.25, 0.3) is 0 Å². The monoisotopic (exact) mass is 253 g/mol. The van der Waals surface area contributed by atoms with Crippen LogP contribution in [0.3, 0.4) is 0 Å². The quantitative estimate of drug-likeness (QED) is 0.578. The van der Waals surface area contributed by atoms with Crippen molar-refractivity contribution in [1.82, 2.24) is 15.1 Å². The van der Waals surface area contributed by atoms with E-state index in [1.165, 1.54) is 6.92 Å². The van der Waals surface area contributed by atoms with Crippen molar-refractivity contribution in [1.29, 1.82) is 0 Å². The molecular formula is C12H19N3O3. The minimum atomic E-state index is -1.11. The maximum Gasteiger partial charge on any atom is 0.315 e. The summed E-state index contributed by atoms with van der Waals surface area (Å²) < 4.78 is 1.88. The van der Waals surface area contributed by atoms with Crippen LogP contribution in [-0.4, -0.2) is 33.3 Å². The zero-order chi connectivity index (χ0) is 13.7. The number of rotatable bonds is 6. The first-order chi connectivity index (χ1) is 8.41. The van der Waals surface area contributed by atoms with Gasteiger partial charge in [0.1, 0.15) is 5.92 Å². The van der Waals surface area contributed by atoms with Crippen molar-refractivity contribution in [2.45, 2.75) is 33.7 Å². The molecule has 0 aromatic carbocycles. The number of aryl methyl sites for hydroxylation is 3. The van der Waals surface area contributed by atoms with E-state index >= 15 is 0 Å². The van der Waals surface area contributed by atoms with E-state index < -0.39 is 17.8 Å². The van der Waals surface area contributed by atoms with Crippen LogP contribution in [0.5, 0.6) is 0 Å². The number of aliphatic carboxylic acids is 1. The highest BCUT2D eigenvalue weighted by Gasteiger charge is 2.19. The number of carboxylic acids is 1. The molecule has 0 aliphatic rings. The molecule has 0 saturated heterocycles. The predicted molar refractivity (Wildman–Crippen MR) is 66.1 cm³/mol. The van der Waals surface area contributed by atoms with Gasteiger partial charge in [-0.25, -0.2) is 0 Å². The number of amides is 1. The molecule has 1 aromatic heterocycles. The topological polar surface area (TPSA) is 84.2 Å². The first-order valence-electron chi connectivity index (χ1n) is 5.93. The van der Waals surface area contributed by atoms with Crippen LogP contribution in [0.4, 0.5) is 0 Å². The van der Waals surface area contributed by atoms with Crippen LogP contribution in [0.25, 0.3) is 0 Å². The predicted octanol–water partition coefficient (Wildman–Crippen LogP) is 0.727. The lowest BCUT2D eigenvalue weighted by molar-refractivity contribution is -0.146. The van der Waals surface area contributed by atoms with Gasteiger partial charge in [0, 0.05) is 18.8 Å². The molecule has 0 radical (unpaired) electrons. The normalized spacial score (nSPS) is 12.2. The summed E-state index contributed by atoms with van der Waals surface area (Å²) in [5.74, 6) is -2.56. The van der Waals surface area contributed by atoms with Gasteiger partial charge in [-0.15, -0.1) is 0 Å². The first kappa shape index (κ1) is 14.2.